The van der Waals surface area contributed by atoms with E-state index in [4.69, 9.17) is 11.1 Å². The standard InChI is InChI=1S/C22H27ClSi/c1-15-14-20-18(8-7-9-19(20)21(15)24(5,6)23)16-10-12-17(13-11-16)22(2,3)4/h7-14,21H,1-6H3. The first kappa shape index (κ1) is 17.5. The van der Waals surface area contributed by atoms with Crippen molar-refractivity contribution in [3.8, 4) is 11.1 Å². The van der Waals surface area contributed by atoms with Crippen LogP contribution < -0.4 is 0 Å². The minimum atomic E-state index is -1.79. The average Bonchev–Trinajstić information content (AvgIpc) is 2.82. The van der Waals surface area contributed by atoms with E-state index >= 15 is 0 Å². The molecule has 0 amide bonds. The van der Waals surface area contributed by atoms with Crippen molar-refractivity contribution in [3.05, 3.63) is 64.7 Å². The molecule has 0 spiro atoms. The van der Waals surface area contributed by atoms with Crippen molar-refractivity contribution in [1.29, 1.82) is 0 Å². The summed E-state index contributed by atoms with van der Waals surface area (Å²) in [4.78, 5) is 0. The number of hydrogen-bond donors (Lipinski definition) is 0. The largest absolute Gasteiger partial charge is 0.167 e. The van der Waals surface area contributed by atoms with Crippen LogP contribution >= 0.6 is 11.1 Å². The first-order valence-corrected chi connectivity index (χ1v) is 12.8. The van der Waals surface area contributed by atoms with Crippen LogP contribution in [0.2, 0.25) is 13.1 Å². The molecule has 2 aromatic rings. The maximum absolute atomic E-state index is 6.83. The molecule has 0 bridgehead atoms. The van der Waals surface area contributed by atoms with Crippen molar-refractivity contribution in [1.82, 2.24) is 0 Å². The maximum atomic E-state index is 6.83. The molecule has 0 aromatic heterocycles. The Kier molecular flexibility index (Phi) is 4.30. The van der Waals surface area contributed by atoms with Gasteiger partial charge in [-0.3, -0.25) is 0 Å². The Morgan fingerprint density at radius 2 is 1.58 bits per heavy atom. The van der Waals surface area contributed by atoms with Crippen LogP contribution in [0, 0.1) is 0 Å². The molecular weight excluding hydrogens is 328 g/mol. The van der Waals surface area contributed by atoms with E-state index in [-0.39, 0.29) is 5.41 Å². The van der Waals surface area contributed by atoms with Crippen molar-refractivity contribution in [2.24, 2.45) is 0 Å². The second-order valence-corrected chi connectivity index (χ2v) is 15.2. The van der Waals surface area contributed by atoms with Gasteiger partial charge in [-0.2, -0.15) is 11.1 Å². The van der Waals surface area contributed by atoms with Gasteiger partial charge in [0.05, 0.1) is 0 Å². The molecule has 0 N–H and O–H groups in total. The Balaban J connectivity index is 2.08. The van der Waals surface area contributed by atoms with Gasteiger partial charge >= 0.3 is 0 Å². The van der Waals surface area contributed by atoms with Crippen LogP contribution in [0.15, 0.2) is 48.0 Å². The van der Waals surface area contributed by atoms with Gasteiger partial charge in [0.25, 0.3) is 0 Å². The number of allylic oxidation sites excluding steroid dienone is 1. The van der Waals surface area contributed by atoms with E-state index in [1.54, 1.807) is 0 Å². The normalized spacial score (nSPS) is 17.6. The van der Waals surface area contributed by atoms with Crippen molar-refractivity contribution in [2.75, 3.05) is 0 Å². The summed E-state index contributed by atoms with van der Waals surface area (Å²) in [6.07, 6.45) is 2.35. The lowest BCUT2D eigenvalue weighted by molar-refractivity contribution is 0.590. The van der Waals surface area contributed by atoms with E-state index in [2.05, 4.69) is 89.3 Å². The van der Waals surface area contributed by atoms with E-state index in [1.807, 2.05) is 0 Å². The summed E-state index contributed by atoms with van der Waals surface area (Å²) in [6.45, 7) is 13.5. The van der Waals surface area contributed by atoms with Gasteiger partial charge in [0, 0.05) is 5.54 Å². The molecule has 1 atom stereocenters. The first-order chi connectivity index (χ1) is 11.1. The molecule has 1 aliphatic rings. The third-order valence-corrected chi connectivity index (χ3v) is 7.82. The predicted molar refractivity (Wildman–Crippen MR) is 110 cm³/mol. The molecule has 24 heavy (non-hydrogen) atoms. The summed E-state index contributed by atoms with van der Waals surface area (Å²) in [5, 5.41) is 0. The van der Waals surface area contributed by atoms with Crippen molar-refractivity contribution in [3.63, 3.8) is 0 Å². The second-order valence-electron chi connectivity index (χ2n) is 8.52. The molecule has 2 aromatic carbocycles. The summed E-state index contributed by atoms with van der Waals surface area (Å²) in [7, 11) is -1.79. The zero-order valence-corrected chi connectivity index (χ0v) is 17.3. The Labute approximate surface area is 152 Å². The molecule has 0 heterocycles. The molecule has 0 saturated heterocycles. The number of benzene rings is 2. The van der Waals surface area contributed by atoms with E-state index in [0.717, 1.165) is 0 Å². The Hall–Kier alpha value is -1.31. The summed E-state index contributed by atoms with van der Waals surface area (Å²) >= 11 is 6.83. The molecule has 126 valence electrons. The highest BCUT2D eigenvalue weighted by Gasteiger charge is 2.37. The van der Waals surface area contributed by atoms with Crippen LogP contribution in [0.5, 0.6) is 0 Å². The SMILES string of the molecule is CC1=Cc2c(-c3ccc(C(C)(C)C)cc3)cccc2C1[Si](C)(C)Cl. The Morgan fingerprint density at radius 1 is 0.958 bits per heavy atom. The van der Waals surface area contributed by atoms with Gasteiger partial charge in [0.1, 0.15) is 0 Å². The van der Waals surface area contributed by atoms with Gasteiger partial charge in [-0.1, -0.05) is 88.0 Å². The summed E-state index contributed by atoms with van der Waals surface area (Å²) in [6, 6.07) is 15.7. The Morgan fingerprint density at radius 3 is 2.12 bits per heavy atom. The van der Waals surface area contributed by atoms with Crippen LogP contribution in [0.4, 0.5) is 0 Å². The van der Waals surface area contributed by atoms with E-state index in [9.17, 15) is 0 Å². The van der Waals surface area contributed by atoms with Gasteiger partial charge < -0.3 is 0 Å². The lowest BCUT2D eigenvalue weighted by Crippen LogP contribution is -2.28. The fraction of sp³-hybridized carbons (Fsp3) is 0.364. The number of hydrogen-bond acceptors (Lipinski definition) is 0. The zero-order chi connectivity index (χ0) is 17.7. The lowest BCUT2D eigenvalue weighted by Gasteiger charge is -2.25. The number of fused-ring (bicyclic) bond motifs is 1. The third kappa shape index (κ3) is 3.12. The van der Waals surface area contributed by atoms with Crippen LogP contribution in [-0.4, -0.2) is 7.38 Å². The van der Waals surface area contributed by atoms with Gasteiger partial charge in [-0.15, -0.1) is 0 Å². The topological polar surface area (TPSA) is 0 Å². The lowest BCUT2D eigenvalue weighted by atomic mass is 9.86. The first-order valence-electron chi connectivity index (χ1n) is 8.70. The summed E-state index contributed by atoms with van der Waals surface area (Å²) in [5.41, 5.74) is 8.79. The van der Waals surface area contributed by atoms with Crippen molar-refractivity contribution >= 4 is 24.5 Å². The van der Waals surface area contributed by atoms with Gasteiger partial charge in [-0.05, 0) is 40.2 Å². The minimum absolute atomic E-state index is 0.187. The summed E-state index contributed by atoms with van der Waals surface area (Å²) < 4.78 is 0. The fourth-order valence-electron chi connectivity index (χ4n) is 3.86. The van der Waals surface area contributed by atoms with E-state index in [0.29, 0.717) is 5.54 Å². The fourth-order valence-corrected chi connectivity index (χ4v) is 6.89. The Bertz CT molecular complexity index is 786. The average molecular weight is 355 g/mol. The third-order valence-electron chi connectivity index (χ3n) is 5.03. The quantitative estimate of drug-likeness (QED) is 0.397. The highest BCUT2D eigenvalue weighted by Crippen LogP contribution is 2.46. The second kappa shape index (κ2) is 5.89. The molecule has 0 fully saturated rings. The number of rotatable bonds is 2. The van der Waals surface area contributed by atoms with E-state index in [1.165, 1.54) is 33.4 Å². The molecule has 1 unspecified atom stereocenters. The minimum Gasteiger partial charge on any atom is -0.167 e. The molecule has 0 saturated carbocycles. The molecule has 3 rings (SSSR count). The molecule has 0 aliphatic heterocycles. The van der Waals surface area contributed by atoms with Gasteiger partial charge in [0.2, 0.25) is 0 Å². The monoisotopic (exact) mass is 354 g/mol. The molecular formula is C22H27ClSi. The maximum Gasteiger partial charge on any atom is 0.161 e. The van der Waals surface area contributed by atoms with Crippen molar-refractivity contribution in [2.45, 2.75) is 51.7 Å². The number of halogens is 1. The highest BCUT2D eigenvalue weighted by atomic mass is 35.6. The van der Waals surface area contributed by atoms with Crippen molar-refractivity contribution < 1.29 is 0 Å². The van der Waals surface area contributed by atoms with Crippen LogP contribution in [0.25, 0.3) is 17.2 Å². The van der Waals surface area contributed by atoms with Gasteiger partial charge in [0.15, 0.2) is 7.38 Å². The van der Waals surface area contributed by atoms with Gasteiger partial charge in [-0.25, -0.2) is 0 Å². The van der Waals surface area contributed by atoms with E-state index < -0.39 is 7.38 Å². The summed E-state index contributed by atoms with van der Waals surface area (Å²) in [5.74, 6) is 0. The van der Waals surface area contributed by atoms with Crippen LogP contribution in [-0.2, 0) is 5.41 Å². The molecule has 0 radical (unpaired) electrons. The van der Waals surface area contributed by atoms with Crippen LogP contribution in [0.1, 0.15) is 49.9 Å². The predicted octanol–water partition coefficient (Wildman–Crippen LogP) is 7.13. The highest BCUT2D eigenvalue weighted by molar-refractivity contribution is 7.20. The molecule has 1 aliphatic carbocycles. The zero-order valence-electron chi connectivity index (χ0n) is 15.6. The smallest absolute Gasteiger partial charge is 0.161 e. The molecule has 2 heteroatoms. The van der Waals surface area contributed by atoms with Crippen LogP contribution in [0.3, 0.4) is 0 Å². The molecule has 0 nitrogen and oxygen atoms in total.